The van der Waals surface area contributed by atoms with E-state index in [4.69, 9.17) is 4.52 Å². The average molecular weight is 313 g/mol. The van der Waals surface area contributed by atoms with Crippen LogP contribution in [0.2, 0.25) is 0 Å². The minimum Gasteiger partial charge on any atom is -0.360 e. The molecule has 0 aromatic carbocycles. The second kappa shape index (κ2) is 5.86. The third-order valence-corrected chi connectivity index (χ3v) is 4.52. The average Bonchev–Trinajstić information content (AvgIpc) is 2.93. The van der Waals surface area contributed by atoms with Crippen LogP contribution in [0.1, 0.15) is 11.5 Å². The summed E-state index contributed by atoms with van der Waals surface area (Å²) in [5, 5.41) is 7.78. The van der Waals surface area contributed by atoms with Crippen molar-refractivity contribution in [3.63, 3.8) is 0 Å². The molecule has 0 aliphatic carbocycles. The molecule has 0 radical (unpaired) electrons. The first kappa shape index (κ1) is 15.5. The number of sulfonamides is 1. The van der Waals surface area contributed by atoms with E-state index in [-0.39, 0.29) is 10.7 Å². The zero-order chi connectivity index (χ0) is 15.6. The van der Waals surface area contributed by atoms with Crippen LogP contribution in [0.3, 0.4) is 0 Å². The maximum absolute atomic E-state index is 12.3. The maximum Gasteiger partial charge on any atom is 0.267 e. The van der Waals surface area contributed by atoms with E-state index in [2.05, 4.69) is 15.0 Å². The number of likely N-dealkylation sites (N-methyl/N-ethyl adjacent to an activating group) is 1. The molecule has 0 atom stereocenters. The fraction of sp³-hybridized carbons (Fsp3) is 0.500. The van der Waals surface area contributed by atoms with Crippen molar-refractivity contribution in [2.24, 2.45) is 0 Å². The van der Waals surface area contributed by atoms with E-state index in [0.29, 0.717) is 17.9 Å². The number of hydrogen-bond acceptors (Lipinski definition) is 6. The van der Waals surface area contributed by atoms with Gasteiger partial charge in [0.05, 0.1) is 18.4 Å². The summed E-state index contributed by atoms with van der Waals surface area (Å²) >= 11 is 0. The van der Waals surface area contributed by atoms with E-state index in [1.54, 1.807) is 24.7 Å². The van der Waals surface area contributed by atoms with E-state index >= 15 is 0 Å². The standard InChI is InChI=1S/C12H19N5O3S/c1-9-12(10(2)20-14-9)21(18,19)15-11-7-13-17(8-11)6-5-16(3)4/h7-8,15H,5-6H2,1-4H3. The van der Waals surface area contributed by atoms with Gasteiger partial charge in [0.25, 0.3) is 10.0 Å². The molecule has 2 heterocycles. The molecule has 0 amide bonds. The largest absolute Gasteiger partial charge is 0.360 e. The number of aromatic nitrogens is 3. The third-order valence-electron chi connectivity index (χ3n) is 2.90. The minimum atomic E-state index is -3.72. The molecule has 21 heavy (non-hydrogen) atoms. The smallest absolute Gasteiger partial charge is 0.267 e. The van der Waals surface area contributed by atoms with Gasteiger partial charge in [0, 0.05) is 12.7 Å². The first-order valence-corrected chi connectivity index (χ1v) is 7.91. The Morgan fingerprint density at radius 3 is 2.67 bits per heavy atom. The molecule has 8 nitrogen and oxygen atoms in total. The summed E-state index contributed by atoms with van der Waals surface area (Å²) in [7, 11) is 0.206. The Bertz CT molecular complexity index is 698. The number of aryl methyl sites for hydroxylation is 2. The fourth-order valence-electron chi connectivity index (χ4n) is 1.91. The molecule has 0 aliphatic heterocycles. The Balaban J connectivity index is 2.14. The van der Waals surface area contributed by atoms with Crippen LogP contribution in [0, 0.1) is 13.8 Å². The summed E-state index contributed by atoms with van der Waals surface area (Å²) in [4.78, 5) is 2.10. The summed E-state index contributed by atoms with van der Waals surface area (Å²) in [6.45, 7) is 4.65. The third kappa shape index (κ3) is 3.61. The highest BCUT2D eigenvalue weighted by Gasteiger charge is 2.24. The number of anilines is 1. The van der Waals surface area contributed by atoms with Crippen LogP contribution in [-0.2, 0) is 16.6 Å². The van der Waals surface area contributed by atoms with Gasteiger partial charge in [-0.15, -0.1) is 0 Å². The predicted octanol–water partition coefficient (Wildman–Crippen LogP) is 0.850. The van der Waals surface area contributed by atoms with Gasteiger partial charge in [0.1, 0.15) is 5.69 Å². The topological polar surface area (TPSA) is 93.3 Å². The van der Waals surface area contributed by atoms with Crippen molar-refractivity contribution < 1.29 is 12.9 Å². The lowest BCUT2D eigenvalue weighted by molar-refractivity contribution is 0.373. The van der Waals surface area contributed by atoms with E-state index in [0.717, 1.165) is 6.54 Å². The molecular weight excluding hydrogens is 294 g/mol. The fourth-order valence-corrected chi connectivity index (χ4v) is 3.27. The van der Waals surface area contributed by atoms with E-state index in [9.17, 15) is 8.42 Å². The van der Waals surface area contributed by atoms with Gasteiger partial charge in [-0.2, -0.15) is 5.10 Å². The molecular formula is C12H19N5O3S. The van der Waals surface area contributed by atoms with Crippen LogP contribution < -0.4 is 4.72 Å². The highest BCUT2D eigenvalue weighted by atomic mass is 32.2. The molecule has 0 saturated carbocycles. The molecule has 1 N–H and O–H groups in total. The zero-order valence-electron chi connectivity index (χ0n) is 12.5. The van der Waals surface area contributed by atoms with Crippen LogP contribution in [0.4, 0.5) is 5.69 Å². The van der Waals surface area contributed by atoms with Crippen molar-refractivity contribution in [1.29, 1.82) is 0 Å². The number of rotatable bonds is 6. The molecule has 2 aromatic heterocycles. The van der Waals surface area contributed by atoms with Crippen LogP contribution in [0.15, 0.2) is 21.8 Å². The maximum atomic E-state index is 12.3. The normalized spacial score (nSPS) is 12.0. The zero-order valence-corrected chi connectivity index (χ0v) is 13.3. The summed E-state index contributed by atoms with van der Waals surface area (Å²) in [6.07, 6.45) is 3.13. The van der Waals surface area contributed by atoms with E-state index < -0.39 is 10.0 Å². The molecule has 0 spiro atoms. The summed E-state index contributed by atoms with van der Waals surface area (Å²) in [5.41, 5.74) is 0.744. The van der Waals surface area contributed by atoms with Crippen molar-refractivity contribution in [1.82, 2.24) is 19.8 Å². The van der Waals surface area contributed by atoms with Crippen molar-refractivity contribution in [2.75, 3.05) is 25.4 Å². The Hall–Kier alpha value is -1.87. The van der Waals surface area contributed by atoms with Crippen LogP contribution in [0.25, 0.3) is 0 Å². The van der Waals surface area contributed by atoms with Crippen molar-refractivity contribution in [3.8, 4) is 0 Å². The van der Waals surface area contributed by atoms with Gasteiger partial charge in [-0.05, 0) is 27.9 Å². The highest BCUT2D eigenvalue weighted by molar-refractivity contribution is 7.92. The molecule has 0 aliphatic rings. The van der Waals surface area contributed by atoms with Crippen molar-refractivity contribution in [2.45, 2.75) is 25.3 Å². The Labute approximate surface area is 123 Å². The van der Waals surface area contributed by atoms with E-state index in [1.165, 1.54) is 6.20 Å². The molecule has 0 saturated heterocycles. The molecule has 2 aromatic rings. The summed E-state index contributed by atoms with van der Waals surface area (Å²) < 4.78 is 33.7. The van der Waals surface area contributed by atoms with Gasteiger partial charge in [-0.3, -0.25) is 9.40 Å². The van der Waals surface area contributed by atoms with Gasteiger partial charge in [0.2, 0.25) is 0 Å². The van der Waals surface area contributed by atoms with Gasteiger partial charge < -0.3 is 9.42 Å². The lowest BCUT2D eigenvalue weighted by Gasteiger charge is -2.08. The number of nitrogens with one attached hydrogen (secondary N) is 1. The minimum absolute atomic E-state index is 0.0727. The number of nitrogens with zero attached hydrogens (tertiary/aromatic N) is 4. The second-order valence-corrected chi connectivity index (χ2v) is 6.67. The van der Waals surface area contributed by atoms with Gasteiger partial charge in [-0.1, -0.05) is 5.16 Å². The molecule has 9 heteroatoms. The SMILES string of the molecule is Cc1noc(C)c1S(=O)(=O)Nc1cnn(CCN(C)C)c1. The highest BCUT2D eigenvalue weighted by Crippen LogP contribution is 2.21. The molecule has 2 rings (SSSR count). The van der Waals surface area contributed by atoms with Gasteiger partial charge in [0.15, 0.2) is 10.7 Å². The first-order valence-electron chi connectivity index (χ1n) is 6.42. The van der Waals surface area contributed by atoms with E-state index in [1.807, 2.05) is 19.0 Å². The molecule has 116 valence electrons. The van der Waals surface area contributed by atoms with Gasteiger partial charge in [-0.25, -0.2) is 8.42 Å². The van der Waals surface area contributed by atoms with Crippen LogP contribution in [-0.4, -0.2) is 48.9 Å². The lowest BCUT2D eigenvalue weighted by atomic mass is 10.4. The van der Waals surface area contributed by atoms with Gasteiger partial charge >= 0.3 is 0 Å². The first-order chi connectivity index (χ1) is 9.79. The Morgan fingerprint density at radius 2 is 2.10 bits per heavy atom. The molecule has 0 fully saturated rings. The molecule has 0 unspecified atom stereocenters. The van der Waals surface area contributed by atoms with Crippen LogP contribution in [0.5, 0.6) is 0 Å². The predicted molar refractivity (Wildman–Crippen MR) is 77.6 cm³/mol. The lowest BCUT2D eigenvalue weighted by Crippen LogP contribution is -2.18. The number of hydrogen-bond donors (Lipinski definition) is 1. The molecule has 0 bridgehead atoms. The van der Waals surface area contributed by atoms with Crippen molar-refractivity contribution >= 4 is 15.7 Å². The summed E-state index contributed by atoms with van der Waals surface area (Å²) in [5.74, 6) is 0.264. The summed E-state index contributed by atoms with van der Waals surface area (Å²) in [6, 6.07) is 0. The van der Waals surface area contributed by atoms with Crippen LogP contribution >= 0.6 is 0 Å². The Kier molecular flexibility index (Phi) is 4.33. The Morgan fingerprint density at radius 1 is 1.38 bits per heavy atom. The quantitative estimate of drug-likeness (QED) is 0.850. The monoisotopic (exact) mass is 313 g/mol. The second-order valence-electron chi connectivity index (χ2n) is 5.05. The van der Waals surface area contributed by atoms with Crippen molar-refractivity contribution in [3.05, 3.63) is 23.8 Å².